The maximum Gasteiger partial charge on any atom is 0.134 e. The quantitative estimate of drug-likeness (QED) is 0.895. The lowest BCUT2D eigenvalue weighted by Gasteiger charge is -2.34. The number of aromatic nitrogens is 2. The van der Waals surface area contributed by atoms with Crippen LogP contribution in [-0.2, 0) is 6.42 Å². The summed E-state index contributed by atoms with van der Waals surface area (Å²) < 4.78 is 0. The Labute approximate surface area is 123 Å². The van der Waals surface area contributed by atoms with Gasteiger partial charge in [0, 0.05) is 32.6 Å². The minimum absolute atomic E-state index is 0.797. The molecule has 4 nitrogen and oxygen atoms in total. The van der Waals surface area contributed by atoms with Crippen LogP contribution in [0.3, 0.4) is 0 Å². The van der Waals surface area contributed by atoms with Crippen LogP contribution in [0.15, 0.2) is 6.07 Å². The van der Waals surface area contributed by atoms with E-state index in [4.69, 9.17) is 4.98 Å². The van der Waals surface area contributed by atoms with Crippen molar-refractivity contribution in [1.29, 1.82) is 0 Å². The van der Waals surface area contributed by atoms with E-state index in [1.54, 1.807) is 0 Å². The van der Waals surface area contributed by atoms with Crippen molar-refractivity contribution in [2.75, 3.05) is 30.4 Å². The van der Waals surface area contributed by atoms with Gasteiger partial charge in [-0.05, 0) is 31.1 Å². The number of hydrogen-bond donors (Lipinski definition) is 1. The van der Waals surface area contributed by atoms with E-state index in [1.165, 1.54) is 12.8 Å². The van der Waals surface area contributed by atoms with Gasteiger partial charge < -0.3 is 10.2 Å². The van der Waals surface area contributed by atoms with Crippen LogP contribution in [-0.4, -0.2) is 30.1 Å². The van der Waals surface area contributed by atoms with Gasteiger partial charge in [-0.25, -0.2) is 9.97 Å². The van der Waals surface area contributed by atoms with Crippen molar-refractivity contribution in [2.24, 2.45) is 11.8 Å². The Bertz CT molecular complexity index is 422. The van der Waals surface area contributed by atoms with Gasteiger partial charge in [0.1, 0.15) is 17.5 Å². The SMILES string of the molecule is CCCc1nc(NC)cc(N2CCC(C(C)C)CC2)n1. The number of nitrogens with one attached hydrogen (secondary N) is 1. The lowest BCUT2D eigenvalue weighted by molar-refractivity contribution is 0.310. The highest BCUT2D eigenvalue weighted by atomic mass is 15.2. The number of piperidine rings is 1. The minimum Gasteiger partial charge on any atom is -0.373 e. The highest BCUT2D eigenvalue weighted by Gasteiger charge is 2.22. The summed E-state index contributed by atoms with van der Waals surface area (Å²) in [5, 5.41) is 3.15. The molecule has 20 heavy (non-hydrogen) atoms. The molecule has 1 aromatic rings. The molecule has 0 saturated carbocycles. The summed E-state index contributed by atoms with van der Waals surface area (Å²) in [6, 6.07) is 2.08. The second-order valence-electron chi connectivity index (χ2n) is 6.10. The second kappa shape index (κ2) is 6.91. The first-order valence-corrected chi connectivity index (χ1v) is 7.94. The molecule has 0 aliphatic carbocycles. The molecule has 0 atom stereocenters. The second-order valence-corrected chi connectivity index (χ2v) is 6.10. The fourth-order valence-corrected chi connectivity index (χ4v) is 2.90. The monoisotopic (exact) mass is 276 g/mol. The average molecular weight is 276 g/mol. The Morgan fingerprint density at radius 3 is 2.55 bits per heavy atom. The summed E-state index contributed by atoms with van der Waals surface area (Å²) in [6.45, 7) is 9.08. The van der Waals surface area contributed by atoms with Gasteiger partial charge in [-0.2, -0.15) is 0 Å². The van der Waals surface area contributed by atoms with E-state index in [2.05, 4.69) is 42.0 Å². The first-order valence-electron chi connectivity index (χ1n) is 7.94. The van der Waals surface area contributed by atoms with Crippen molar-refractivity contribution in [3.63, 3.8) is 0 Å². The number of anilines is 2. The van der Waals surface area contributed by atoms with Gasteiger partial charge in [0.2, 0.25) is 0 Å². The molecule has 2 rings (SSSR count). The van der Waals surface area contributed by atoms with E-state index in [0.29, 0.717) is 0 Å². The first-order chi connectivity index (χ1) is 9.63. The summed E-state index contributed by atoms with van der Waals surface area (Å²) >= 11 is 0. The molecular weight excluding hydrogens is 248 g/mol. The normalized spacial score (nSPS) is 16.8. The highest BCUT2D eigenvalue weighted by molar-refractivity contribution is 5.49. The van der Waals surface area contributed by atoms with Crippen molar-refractivity contribution >= 4 is 11.6 Å². The molecular formula is C16H28N4. The molecule has 1 aromatic heterocycles. The van der Waals surface area contributed by atoms with E-state index in [9.17, 15) is 0 Å². The molecule has 4 heteroatoms. The maximum atomic E-state index is 4.74. The Morgan fingerprint density at radius 1 is 1.30 bits per heavy atom. The molecule has 0 unspecified atom stereocenters. The van der Waals surface area contributed by atoms with E-state index < -0.39 is 0 Å². The zero-order valence-electron chi connectivity index (χ0n) is 13.3. The van der Waals surface area contributed by atoms with Gasteiger partial charge in [0.25, 0.3) is 0 Å². The average Bonchev–Trinajstić information content (AvgIpc) is 2.47. The molecule has 0 radical (unpaired) electrons. The van der Waals surface area contributed by atoms with Crippen molar-refractivity contribution in [2.45, 2.75) is 46.5 Å². The maximum absolute atomic E-state index is 4.74. The van der Waals surface area contributed by atoms with Crippen LogP contribution in [0.25, 0.3) is 0 Å². The third kappa shape index (κ3) is 3.62. The van der Waals surface area contributed by atoms with Crippen LogP contribution in [0.4, 0.5) is 11.6 Å². The van der Waals surface area contributed by atoms with Gasteiger partial charge in [-0.3, -0.25) is 0 Å². The summed E-state index contributed by atoms with van der Waals surface area (Å²) in [7, 11) is 1.92. The first kappa shape index (κ1) is 15.1. The topological polar surface area (TPSA) is 41.1 Å². The number of nitrogens with zero attached hydrogens (tertiary/aromatic N) is 3. The predicted octanol–water partition coefficient (Wildman–Crippen LogP) is 3.34. The molecule has 0 bridgehead atoms. The van der Waals surface area contributed by atoms with Crippen LogP contribution in [0.2, 0.25) is 0 Å². The highest BCUT2D eigenvalue weighted by Crippen LogP contribution is 2.27. The molecule has 1 aliphatic rings. The molecule has 0 spiro atoms. The van der Waals surface area contributed by atoms with E-state index >= 15 is 0 Å². The van der Waals surface area contributed by atoms with Gasteiger partial charge in [0.05, 0.1) is 0 Å². The van der Waals surface area contributed by atoms with Crippen LogP contribution in [0.1, 0.15) is 45.9 Å². The van der Waals surface area contributed by atoms with Gasteiger partial charge in [-0.1, -0.05) is 20.8 Å². The summed E-state index contributed by atoms with van der Waals surface area (Å²) in [5.74, 6) is 4.65. The molecule has 112 valence electrons. The third-order valence-electron chi connectivity index (χ3n) is 4.30. The van der Waals surface area contributed by atoms with Gasteiger partial charge >= 0.3 is 0 Å². The zero-order chi connectivity index (χ0) is 14.5. The Kier molecular flexibility index (Phi) is 5.21. The van der Waals surface area contributed by atoms with E-state index in [1.807, 2.05) is 7.05 Å². The molecule has 1 N–H and O–H groups in total. The summed E-state index contributed by atoms with van der Waals surface area (Å²) in [6.07, 6.45) is 4.59. The Morgan fingerprint density at radius 2 is 2.00 bits per heavy atom. The molecule has 2 heterocycles. The molecule has 1 aliphatic heterocycles. The number of hydrogen-bond acceptors (Lipinski definition) is 4. The van der Waals surface area contributed by atoms with Gasteiger partial charge in [0.15, 0.2) is 0 Å². The standard InChI is InChI=1S/C16H28N4/c1-5-6-14-18-15(17-4)11-16(19-14)20-9-7-13(8-10-20)12(2)3/h11-13H,5-10H2,1-4H3,(H,17,18,19). The van der Waals surface area contributed by atoms with Crippen molar-refractivity contribution in [1.82, 2.24) is 9.97 Å². The fraction of sp³-hybridized carbons (Fsp3) is 0.750. The summed E-state index contributed by atoms with van der Waals surface area (Å²) in [5.41, 5.74) is 0. The molecule has 1 saturated heterocycles. The third-order valence-corrected chi connectivity index (χ3v) is 4.30. The molecule has 0 amide bonds. The predicted molar refractivity (Wildman–Crippen MR) is 85.3 cm³/mol. The minimum atomic E-state index is 0.797. The fourth-order valence-electron chi connectivity index (χ4n) is 2.90. The Hall–Kier alpha value is -1.32. The van der Waals surface area contributed by atoms with Crippen molar-refractivity contribution in [3.05, 3.63) is 11.9 Å². The lowest BCUT2D eigenvalue weighted by atomic mass is 9.87. The van der Waals surface area contributed by atoms with Crippen LogP contribution < -0.4 is 10.2 Å². The number of aryl methyl sites for hydroxylation is 1. The van der Waals surface area contributed by atoms with Crippen LogP contribution in [0, 0.1) is 11.8 Å². The van der Waals surface area contributed by atoms with E-state index in [0.717, 1.165) is 55.2 Å². The Balaban J connectivity index is 2.10. The molecule has 0 aromatic carbocycles. The van der Waals surface area contributed by atoms with Crippen molar-refractivity contribution in [3.8, 4) is 0 Å². The smallest absolute Gasteiger partial charge is 0.134 e. The number of rotatable bonds is 5. The lowest BCUT2D eigenvalue weighted by Crippen LogP contribution is -2.36. The largest absolute Gasteiger partial charge is 0.373 e. The molecule has 1 fully saturated rings. The van der Waals surface area contributed by atoms with Crippen LogP contribution in [0.5, 0.6) is 0 Å². The van der Waals surface area contributed by atoms with Crippen LogP contribution >= 0.6 is 0 Å². The van der Waals surface area contributed by atoms with Gasteiger partial charge in [-0.15, -0.1) is 0 Å². The van der Waals surface area contributed by atoms with E-state index in [-0.39, 0.29) is 0 Å². The summed E-state index contributed by atoms with van der Waals surface area (Å²) in [4.78, 5) is 11.7. The zero-order valence-corrected chi connectivity index (χ0v) is 13.3. The van der Waals surface area contributed by atoms with Crippen molar-refractivity contribution < 1.29 is 0 Å².